The first-order valence-corrected chi connectivity index (χ1v) is 6.80. The van der Waals surface area contributed by atoms with Crippen molar-refractivity contribution < 1.29 is 27.1 Å². The maximum absolute atomic E-state index is 13.4. The number of terminal acetylenes is 1. The maximum atomic E-state index is 13.4. The molecule has 8 heteroatoms. The molecule has 0 amide bonds. The zero-order valence-corrected chi connectivity index (χ0v) is 13.1. The van der Waals surface area contributed by atoms with Crippen molar-refractivity contribution in [3.05, 3.63) is 22.5 Å². The van der Waals surface area contributed by atoms with Crippen LogP contribution in [0.1, 0.15) is 13.8 Å². The third-order valence-electron chi connectivity index (χ3n) is 3.41. The van der Waals surface area contributed by atoms with Gasteiger partial charge in [-0.3, -0.25) is 4.79 Å². The van der Waals surface area contributed by atoms with Gasteiger partial charge in [-0.1, -0.05) is 43.0 Å². The van der Waals surface area contributed by atoms with Crippen LogP contribution in [0, 0.1) is 29.6 Å². The van der Waals surface area contributed by atoms with Gasteiger partial charge in [0.05, 0.1) is 12.0 Å². The number of halogens is 6. The first-order valence-electron chi connectivity index (χ1n) is 6.04. The molecule has 0 aromatic heterocycles. The van der Waals surface area contributed by atoms with E-state index in [1.807, 2.05) is 0 Å². The lowest BCUT2D eigenvalue weighted by Crippen LogP contribution is -2.21. The molecule has 0 N–H and O–H groups in total. The van der Waals surface area contributed by atoms with Crippen molar-refractivity contribution in [1.82, 2.24) is 0 Å². The van der Waals surface area contributed by atoms with Crippen LogP contribution in [0.3, 0.4) is 0 Å². The van der Waals surface area contributed by atoms with E-state index in [4.69, 9.17) is 29.6 Å². The summed E-state index contributed by atoms with van der Waals surface area (Å²) in [7, 11) is 0. The number of alkyl halides is 3. The van der Waals surface area contributed by atoms with Crippen LogP contribution in [0.4, 0.5) is 17.6 Å². The van der Waals surface area contributed by atoms with Gasteiger partial charge in [-0.25, -0.2) is 4.39 Å². The van der Waals surface area contributed by atoms with E-state index in [0.717, 1.165) is 0 Å². The quantitative estimate of drug-likeness (QED) is 0.419. The summed E-state index contributed by atoms with van der Waals surface area (Å²) in [5, 5.41) is 0. The summed E-state index contributed by atoms with van der Waals surface area (Å²) in [6, 6.07) is 0. The van der Waals surface area contributed by atoms with Crippen molar-refractivity contribution in [2.75, 3.05) is 0 Å². The van der Waals surface area contributed by atoms with Crippen molar-refractivity contribution in [3.63, 3.8) is 0 Å². The lowest BCUT2D eigenvalue weighted by Gasteiger charge is -2.12. The number of allylic oxidation sites excluding steroid dienone is 2. The standard InChI is InChI=1S/C14H12Cl2F4O2/c1-4-9(8(17)6-14(18,19)20)22-12(21)11-7(5-10(15)16)13(11,2)3/h1,5-7,9,11H,2-3H3. The van der Waals surface area contributed by atoms with Crippen molar-refractivity contribution in [1.29, 1.82) is 0 Å². The number of carbonyl (C=O) groups excluding carboxylic acids is 1. The molecule has 0 radical (unpaired) electrons. The Kier molecular flexibility index (Phi) is 5.58. The highest BCUT2D eigenvalue weighted by molar-refractivity contribution is 6.55. The number of hydrogen-bond acceptors (Lipinski definition) is 2. The Hall–Kier alpha value is -1.19. The first-order chi connectivity index (χ1) is 9.90. The predicted molar refractivity (Wildman–Crippen MR) is 74.5 cm³/mol. The minimum Gasteiger partial charge on any atom is -0.441 e. The normalized spacial score (nSPS) is 25.0. The summed E-state index contributed by atoms with van der Waals surface area (Å²) >= 11 is 11.0. The van der Waals surface area contributed by atoms with Gasteiger partial charge >= 0.3 is 12.1 Å². The van der Waals surface area contributed by atoms with Crippen LogP contribution in [-0.4, -0.2) is 18.2 Å². The highest BCUT2D eigenvalue weighted by atomic mass is 35.5. The average Bonchev–Trinajstić information content (AvgIpc) is 2.84. The summed E-state index contributed by atoms with van der Waals surface area (Å²) in [4.78, 5) is 11.9. The molecule has 1 rings (SSSR count). The second kappa shape index (κ2) is 6.51. The fourth-order valence-electron chi connectivity index (χ4n) is 2.17. The summed E-state index contributed by atoms with van der Waals surface area (Å²) in [6.07, 6.45) is -1.24. The summed E-state index contributed by atoms with van der Waals surface area (Å²) in [5.41, 5.74) is -0.560. The SMILES string of the molecule is C#CC(OC(=O)C1C(C=C(Cl)Cl)C1(C)C)C(F)=CC(F)(F)F. The third-order valence-corrected chi connectivity index (χ3v) is 3.66. The Labute approximate surface area is 135 Å². The molecule has 0 bridgehead atoms. The Balaban J connectivity index is 2.82. The largest absolute Gasteiger partial charge is 0.441 e. The Bertz CT molecular complexity index is 554. The van der Waals surface area contributed by atoms with Gasteiger partial charge in [0.1, 0.15) is 4.49 Å². The van der Waals surface area contributed by atoms with Crippen LogP contribution >= 0.6 is 23.2 Å². The number of carbonyl (C=O) groups is 1. The van der Waals surface area contributed by atoms with E-state index in [1.54, 1.807) is 19.8 Å². The van der Waals surface area contributed by atoms with Crippen molar-refractivity contribution in [2.24, 2.45) is 17.3 Å². The lowest BCUT2D eigenvalue weighted by atomic mass is 10.1. The second-order valence-corrected chi connectivity index (χ2v) is 6.34. The molecule has 0 spiro atoms. The third kappa shape index (κ3) is 4.65. The fraction of sp³-hybridized carbons (Fsp3) is 0.500. The predicted octanol–water partition coefficient (Wildman–Crippen LogP) is 4.54. The Morgan fingerprint density at radius 2 is 1.95 bits per heavy atom. The lowest BCUT2D eigenvalue weighted by molar-refractivity contribution is -0.148. The van der Waals surface area contributed by atoms with Gasteiger partial charge < -0.3 is 4.74 Å². The molecule has 1 aliphatic carbocycles. The molecular weight excluding hydrogens is 347 g/mol. The van der Waals surface area contributed by atoms with E-state index >= 15 is 0 Å². The molecule has 0 aliphatic heterocycles. The highest BCUT2D eigenvalue weighted by Gasteiger charge is 2.62. The maximum Gasteiger partial charge on any atom is 0.412 e. The smallest absolute Gasteiger partial charge is 0.412 e. The van der Waals surface area contributed by atoms with Gasteiger partial charge in [0.25, 0.3) is 0 Å². The Morgan fingerprint density at radius 1 is 1.41 bits per heavy atom. The summed E-state index contributed by atoms with van der Waals surface area (Å²) < 4.78 is 54.2. The van der Waals surface area contributed by atoms with E-state index in [-0.39, 0.29) is 10.4 Å². The molecule has 122 valence electrons. The van der Waals surface area contributed by atoms with E-state index in [2.05, 4.69) is 4.74 Å². The molecule has 2 nitrogen and oxygen atoms in total. The van der Waals surface area contributed by atoms with Crippen molar-refractivity contribution >= 4 is 29.2 Å². The molecule has 0 heterocycles. The zero-order valence-electron chi connectivity index (χ0n) is 11.5. The zero-order chi connectivity index (χ0) is 17.3. The second-order valence-electron chi connectivity index (χ2n) is 5.34. The average molecular weight is 359 g/mol. The molecule has 22 heavy (non-hydrogen) atoms. The Morgan fingerprint density at radius 3 is 2.36 bits per heavy atom. The molecule has 3 unspecified atom stereocenters. The highest BCUT2D eigenvalue weighted by Crippen LogP contribution is 2.60. The molecule has 0 saturated heterocycles. The molecule has 1 saturated carbocycles. The van der Waals surface area contributed by atoms with E-state index in [9.17, 15) is 22.4 Å². The van der Waals surface area contributed by atoms with Crippen molar-refractivity contribution in [2.45, 2.75) is 26.1 Å². The minimum atomic E-state index is -4.90. The van der Waals surface area contributed by atoms with E-state index in [1.165, 1.54) is 6.08 Å². The van der Waals surface area contributed by atoms with Crippen LogP contribution in [-0.2, 0) is 9.53 Å². The first kappa shape index (κ1) is 18.9. The summed E-state index contributed by atoms with van der Waals surface area (Å²) in [6.45, 7) is 3.42. The topological polar surface area (TPSA) is 26.3 Å². The van der Waals surface area contributed by atoms with Gasteiger partial charge in [-0.15, -0.1) is 6.42 Å². The molecule has 0 aromatic carbocycles. The fourth-order valence-corrected chi connectivity index (χ4v) is 2.44. The van der Waals surface area contributed by atoms with Crippen molar-refractivity contribution in [3.8, 4) is 12.3 Å². The van der Waals surface area contributed by atoms with Gasteiger partial charge in [-0.2, -0.15) is 13.2 Å². The monoisotopic (exact) mass is 358 g/mol. The van der Waals surface area contributed by atoms with Crippen LogP contribution in [0.5, 0.6) is 0 Å². The number of rotatable bonds is 4. The van der Waals surface area contributed by atoms with Gasteiger partial charge in [0.2, 0.25) is 6.10 Å². The van der Waals surface area contributed by atoms with Crippen LogP contribution in [0.15, 0.2) is 22.5 Å². The molecule has 1 aliphatic rings. The van der Waals surface area contributed by atoms with E-state index in [0.29, 0.717) is 0 Å². The molecule has 3 atom stereocenters. The van der Waals surface area contributed by atoms with Gasteiger partial charge in [-0.05, 0) is 17.4 Å². The minimum absolute atomic E-state index is 0.0509. The van der Waals surface area contributed by atoms with Crippen LogP contribution in [0.2, 0.25) is 0 Å². The molecular formula is C14H12Cl2F4O2. The number of hydrogen-bond donors (Lipinski definition) is 0. The van der Waals surface area contributed by atoms with Crippen LogP contribution < -0.4 is 0 Å². The van der Waals surface area contributed by atoms with Crippen LogP contribution in [0.25, 0.3) is 0 Å². The number of esters is 1. The molecule has 1 fully saturated rings. The van der Waals surface area contributed by atoms with E-state index < -0.39 is 41.5 Å². The summed E-state index contributed by atoms with van der Waals surface area (Å²) in [5.74, 6) is -2.08. The van der Waals surface area contributed by atoms with Gasteiger partial charge in [0.15, 0.2) is 5.83 Å². The van der Waals surface area contributed by atoms with Gasteiger partial charge in [0, 0.05) is 0 Å². The molecule has 0 aromatic rings. The number of ether oxygens (including phenoxy) is 1.